The van der Waals surface area contributed by atoms with E-state index in [1.54, 1.807) is 23.4 Å². The van der Waals surface area contributed by atoms with E-state index in [4.69, 9.17) is 0 Å². The maximum Gasteiger partial charge on any atom is 0.326 e. The van der Waals surface area contributed by atoms with Crippen LogP contribution >= 0.6 is 11.3 Å². The lowest BCUT2D eigenvalue weighted by Crippen LogP contribution is -2.46. The minimum atomic E-state index is -0.918. The molecule has 2 aromatic rings. The number of fused-ring (bicyclic) bond motifs is 1. The number of thiazole rings is 1. The molecule has 3 atom stereocenters. The van der Waals surface area contributed by atoms with Crippen molar-refractivity contribution in [3.05, 3.63) is 29.5 Å². The van der Waals surface area contributed by atoms with Gasteiger partial charge in [-0.25, -0.2) is 19.7 Å². The Hall–Kier alpha value is -2.35. The van der Waals surface area contributed by atoms with Crippen LogP contribution in [0.15, 0.2) is 24.7 Å². The molecule has 8 heteroatoms. The summed E-state index contributed by atoms with van der Waals surface area (Å²) in [6.45, 7) is 0. The summed E-state index contributed by atoms with van der Waals surface area (Å²) in [6.07, 6.45) is 9.36. The smallest absolute Gasteiger partial charge is 0.326 e. The largest absolute Gasteiger partial charge is 0.480 e. The molecular formula is C17H18N4O3S. The second-order valence-corrected chi connectivity index (χ2v) is 7.55. The number of likely N-dealkylation sites (tertiary alicyclic amines) is 1. The van der Waals surface area contributed by atoms with Gasteiger partial charge < -0.3 is 10.0 Å². The Morgan fingerprint density at radius 2 is 1.92 bits per heavy atom. The molecule has 2 fully saturated rings. The maximum atomic E-state index is 13.1. The Kier molecular flexibility index (Phi) is 4.20. The van der Waals surface area contributed by atoms with E-state index < -0.39 is 12.0 Å². The van der Waals surface area contributed by atoms with E-state index in [9.17, 15) is 14.7 Å². The summed E-state index contributed by atoms with van der Waals surface area (Å²) >= 11 is 1.21. The predicted octanol–water partition coefficient (Wildman–Crippen LogP) is 2.46. The van der Waals surface area contributed by atoms with E-state index >= 15 is 0 Å². The normalized spacial score (nSPS) is 25.6. The van der Waals surface area contributed by atoms with Gasteiger partial charge >= 0.3 is 5.97 Å². The Bertz CT molecular complexity index is 794. The fourth-order valence-electron chi connectivity index (χ4n) is 3.99. The van der Waals surface area contributed by atoms with Crippen molar-refractivity contribution in [1.29, 1.82) is 0 Å². The summed E-state index contributed by atoms with van der Waals surface area (Å²) in [5.74, 6) is -0.387. The first-order chi connectivity index (χ1) is 12.1. The molecule has 1 saturated carbocycles. The molecule has 2 aliphatic rings. The SMILES string of the molecule is O=C(O)[C@@H]1C[C@@H]2CCCC[C@@H]2N1C(=O)c1cnc(-c2ncccn2)s1. The van der Waals surface area contributed by atoms with Gasteiger partial charge in [-0.1, -0.05) is 12.8 Å². The monoisotopic (exact) mass is 358 g/mol. The lowest BCUT2D eigenvalue weighted by molar-refractivity contribution is -0.141. The highest BCUT2D eigenvalue weighted by Crippen LogP contribution is 2.41. The van der Waals surface area contributed by atoms with Crippen LogP contribution in [-0.4, -0.2) is 48.9 Å². The number of carboxylic acids is 1. The van der Waals surface area contributed by atoms with E-state index in [1.807, 2.05) is 0 Å². The molecule has 1 saturated heterocycles. The molecule has 4 rings (SSSR count). The predicted molar refractivity (Wildman–Crippen MR) is 91.1 cm³/mol. The zero-order chi connectivity index (χ0) is 17.4. The fraction of sp³-hybridized carbons (Fsp3) is 0.471. The van der Waals surface area contributed by atoms with E-state index in [2.05, 4.69) is 15.0 Å². The number of hydrogen-bond donors (Lipinski definition) is 1. The first-order valence-electron chi connectivity index (χ1n) is 8.44. The van der Waals surface area contributed by atoms with Crippen LogP contribution < -0.4 is 0 Å². The number of carbonyl (C=O) groups excluding carboxylic acids is 1. The van der Waals surface area contributed by atoms with Crippen LogP contribution in [0.3, 0.4) is 0 Å². The van der Waals surface area contributed by atoms with Gasteiger partial charge in [0.15, 0.2) is 10.8 Å². The van der Waals surface area contributed by atoms with Gasteiger partial charge in [-0.05, 0) is 31.2 Å². The third kappa shape index (κ3) is 2.90. The van der Waals surface area contributed by atoms with Gasteiger partial charge in [0, 0.05) is 18.4 Å². The lowest BCUT2D eigenvalue weighted by atomic mass is 9.85. The van der Waals surface area contributed by atoms with E-state index in [0.29, 0.717) is 28.0 Å². The molecule has 0 aromatic carbocycles. The van der Waals surface area contributed by atoms with Crippen LogP contribution in [0.1, 0.15) is 41.8 Å². The van der Waals surface area contributed by atoms with Crippen LogP contribution in [0.4, 0.5) is 0 Å². The van der Waals surface area contributed by atoms with Gasteiger partial charge in [0.05, 0.1) is 6.20 Å². The molecular weight excluding hydrogens is 340 g/mol. The highest BCUT2D eigenvalue weighted by Gasteiger charge is 2.48. The van der Waals surface area contributed by atoms with Gasteiger partial charge in [0.1, 0.15) is 10.9 Å². The number of carboxylic acid groups (broad SMARTS) is 1. The molecule has 7 nitrogen and oxygen atoms in total. The number of aliphatic carboxylic acids is 1. The van der Waals surface area contributed by atoms with Gasteiger partial charge in [0.25, 0.3) is 5.91 Å². The van der Waals surface area contributed by atoms with Crippen LogP contribution in [0.25, 0.3) is 10.8 Å². The second kappa shape index (κ2) is 6.51. The average molecular weight is 358 g/mol. The molecule has 25 heavy (non-hydrogen) atoms. The van der Waals surface area contributed by atoms with Crippen molar-refractivity contribution >= 4 is 23.2 Å². The van der Waals surface area contributed by atoms with Crippen molar-refractivity contribution in [3.63, 3.8) is 0 Å². The summed E-state index contributed by atoms with van der Waals surface area (Å²) in [6, 6.07) is 1.01. The molecule has 1 aliphatic heterocycles. The molecule has 130 valence electrons. The topological polar surface area (TPSA) is 96.3 Å². The highest BCUT2D eigenvalue weighted by molar-refractivity contribution is 7.16. The molecule has 1 aliphatic carbocycles. The van der Waals surface area contributed by atoms with Crippen LogP contribution in [-0.2, 0) is 4.79 Å². The van der Waals surface area contributed by atoms with Crippen molar-refractivity contribution in [1.82, 2.24) is 19.9 Å². The lowest BCUT2D eigenvalue weighted by Gasteiger charge is -2.32. The van der Waals surface area contributed by atoms with E-state index in [1.165, 1.54) is 17.5 Å². The Labute approximate surface area is 148 Å². The van der Waals surface area contributed by atoms with Crippen LogP contribution in [0, 0.1) is 5.92 Å². The molecule has 0 bridgehead atoms. The average Bonchev–Trinajstić information content (AvgIpc) is 3.27. The Morgan fingerprint density at radius 3 is 2.68 bits per heavy atom. The van der Waals surface area contributed by atoms with Crippen LogP contribution in [0.5, 0.6) is 0 Å². The molecule has 1 N–H and O–H groups in total. The number of amides is 1. The van der Waals surface area contributed by atoms with Crippen molar-refractivity contribution < 1.29 is 14.7 Å². The van der Waals surface area contributed by atoms with Crippen LogP contribution in [0.2, 0.25) is 0 Å². The summed E-state index contributed by atoms with van der Waals surface area (Å²) in [4.78, 5) is 39.3. The molecule has 2 aromatic heterocycles. The van der Waals surface area contributed by atoms with Crippen molar-refractivity contribution in [2.24, 2.45) is 5.92 Å². The molecule has 0 radical (unpaired) electrons. The fourth-order valence-corrected chi connectivity index (χ4v) is 4.79. The standard InChI is InChI=1S/C17H18N4O3S/c22-16(13-9-20-15(25-13)14-18-6-3-7-19-14)21-11-5-2-1-4-10(11)8-12(21)17(23)24/h3,6-7,9-12H,1-2,4-5,8H2,(H,23,24)/t10-,11-,12-/m0/s1. The minimum absolute atomic E-state index is 0.0286. The number of nitrogens with zero attached hydrogens (tertiary/aromatic N) is 4. The summed E-state index contributed by atoms with van der Waals surface area (Å²) in [5.41, 5.74) is 0. The maximum absolute atomic E-state index is 13.1. The highest BCUT2D eigenvalue weighted by atomic mass is 32.1. The van der Waals surface area contributed by atoms with Gasteiger partial charge in [0.2, 0.25) is 0 Å². The Balaban J connectivity index is 1.63. The van der Waals surface area contributed by atoms with Gasteiger partial charge in [-0.2, -0.15) is 0 Å². The first-order valence-corrected chi connectivity index (χ1v) is 9.25. The third-order valence-electron chi connectivity index (χ3n) is 5.08. The zero-order valence-corrected chi connectivity index (χ0v) is 14.4. The first kappa shape index (κ1) is 16.1. The van der Waals surface area contributed by atoms with Gasteiger partial charge in [-0.15, -0.1) is 11.3 Å². The summed E-state index contributed by atoms with van der Waals surface area (Å²) < 4.78 is 0. The van der Waals surface area contributed by atoms with Crippen molar-refractivity contribution in [2.75, 3.05) is 0 Å². The minimum Gasteiger partial charge on any atom is -0.480 e. The zero-order valence-electron chi connectivity index (χ0n) is 13.5. The summed E-state index contributed by atoms with van der Waals surface area (Å²) in [7, 11) is 0. The second-order valence-electron chi connectivity index (χ2n) is 6.52. The summed E-state index contributed by atoms with van der Waals surface area (Å²) in [5, 5.41) is 10.1. The van der Waals surface area contributed by atoms with E-state index in [0.717, 1.165) is 25.7 Å². The molecule has 0 unspecified atom stereocenters. The number of carbonyl (C=O) groups is 2. The number of rotatable bonds is 3. The van der Waals surface area contributed by atoms with Crippen molar-refractivity contribution in [2.45, 2.75) is 44.2 Å². The molecule has 1 amide bonds. The molecule has 3 heterocycles. The van der Waals surface area contributed by atoms with Crippen molar-refractivity contribution in [3.8, 4) is 10.8 Å². The van der Waals surface area contributed by atoms with E-state index in [-0.39, 0.29) is 11.9 Å². The Morgan fingerprint density at radius 1 is 1.16 bits per heavy atom. The van der Waals surface area contributed by atoms with Gasteiger partial charge in [-0.3, -0.25) is 4.79 Å². The number of aromatic nitrogens is 3. The third-order valence-corrected chi connectivity index (χ3v) is 6.06. The quantitative estimate of drug-likeness (QED) is 0.905. The molecule has 0 spiro atoms. The number of hydrogen-bond acceptors (Lipinski definition) is 6.